The van der Waals surface area contributed by atoms with Gasteiger partial charge in [-0.3, -0.25) is 4.79 Å². The van der Waals surface area contributed by atoms with E-state index in [4.69, 9.17) is 6.42 Å². The molecule has 0 saturated heterocycles. The van der Waals surface area contributed by atoms with E-state index in [1.54, 1.807) is 0 Å². The van der Waals surface area contributed by atoms with Crippen molar-refractivity contribution in [3.63, 3.8) is 0 Å². The van der Waals surface area contributed by atoms with Gasteiger partial charge in [0.2, 0.25) is 0 Å². The van der Waals surface area contributed by atoms with Gasteiger partial charge in [0.05, 0.1) is 5.54 Å². The van der Waals surface area contributed by atoms with Crippen molar-refractivity contribution < 1.29 is 4.79 Å². The Morgan fingerprint density at radius 1 is 1.62 bits per heavy atom. The van der Waals surface area contributed by atoms with Gasteiger partial charge < -0.3 is 9.88 Å². The summed E-state index contributed by atoms with van der Waals surface area (Å²) in [6.45, 7) is 3.63. The molecule has 1 fully saturated rings. The molecule has 1 heterocycles. The van der Waals surface area contributed by atoms with E-state index in [0.717, 1.165) is 12.8 Å². The van der Waals surface area contributed by atoms with E-state index in [-0.39, 0.29) is 5.91 Å². The van der Waals surface area contributed by atoms with E-state index in [1.807, 2.05) is 36.7 Å². The first-order chi connectivity index (χ1) is 7.53. The van der Waals surface area contributed by atoms with E-state index in [9.17, 15) is 4.79 Å². The molecule has 1 aromatic rings. The van der Waals surface area contributed by atoms with Gasteiger partial charge in [-0.15, -0.1) is 6.42 Å². The molecule has 1 amide bonds. The number of terminal acetylenes is 1. The van der Waals surface area contributed by atoms with E-state index in [1.165, 1.54) is 0 Å². The molecule has 1 aliphatic rings. The quantitative estimate of drug-likeness (QED) is 0.770. The lowest BCUT2D eigenvalue weighted by Crippen LogP contribution is -2.42. The Hall–Kier alpha value is -1.69. The molecular weight excluding hydrogens is 200 g/mol. The third kappa shape index (κ3) is 2.11. The average Bonchev–Trinajstić information content (AvgIpc) is 2.95. The summed E-state index contributed by atoms with van der Waals surface area (Å²) in [5, 5.41) is 2.84. The summed E-state index contributed by atoms with van der Waals surface area (Å²) in [6.07, 6.45) is 9.62. The van der Waals surface area contributed by atoms with Crippen LogP contribution in [0.15, 0.2) is 18.3 Å². The van der Waals surface area contributed by atoms with Gasteiger partial charge in [-0.1, -0.05) is 5.92 Å². The molecule has 1 aliphatic carbocycles. The van der Waals surface area contributed by atoms with Gasteiger partial charge in [-0.2, -0.15) is 0 Å². The van der Waals surface area contributed by atoms with Crippen molar-refractivity contribution in [3.8, 4) is 12.3 Å². The van der Waals surface area contributed by atoms with Crippen molar-refractivity contribution in [1.29, 1.82) is 0 Å². The molecule has 2 rings (SSSR count). The second kappa shape index (κ2) is 3.71. The van der Waals surface area contributed by atoms with E-state index < -0.39 is 5.54 Å². The zero-order valence-electron chi connectivity index (χ0n) is 9.66. The first-order valence-electron chi connectivity index (χ1n) is 5.50. The summed E-state index contributed by atoms with van der Waals surface area (Å²) in [5.41, 5.74) is 0.0984. The summed E-state index contributed by atoms with van der Waals surface area (Å²) >= 11 is 0. The topological polar surface area (TPSA) is 34.0 Å². The zero-order chi connectivity index (χ0) is 11.8. The number of carbonyl (C=O) groups excluding carboxylic acids is 1. The lowest BCUT2D eigenvalue weighted by molar-refractivity contribution is 0.0920. The highest BCUT2D eigenvalue weighted by Crippen LogP contribution is 2.36. The smallest absolute Gasteiger partial charge is 0.269 e. The molecule has 1 aromatic heterocycles. The molecule has 0 spiro atoms. The fraction of sp³-hybridized carbons (Fsp3) is 0.462. The summed E-state index contributed by atoms with van der Waals surface area (Å²) < 4.78 is 2.03. The molecule has 0 unspecified atom stereocenters. The second-order valence-corrected chi connectivity index (χ2v) is 4.76. The number of nitrogens with one attached hydrogen (secondary N) is 1. The van der Waals surface area contributed by atoms with Crippen molar-refractivity contribution in [3.05, 3.63) is 24.0 Å². The number of amides is 1. The normalized spacial score (nSPS) is 15.6. The SMILES string of the molecule is C#CC(C)(C)NC(=O)c1cccn1C1CC1. The van der Waals surface area contributed by atoms with E-state index >= 15 is 0 Å². The highest BCUT2D eigenvalue weighted by atomic mass is 16.2. The zero-order valence-corrected chi connectivity index (χ0v) is 9.66. The molecule has 0 radical (unpaired) electrons. The van der Waals surface area contributed by atoms with Crippen LogP contribution in [0, 0.1) is 12.3 Å². The first kappa shape index (κ1) is 10.8. The van der Waals surface area contributed by atoms with Crippen LogP contribution in [0.1, 0.15) is 43.2 Å². The maximum Gasteiger partial charge on any atom is 0.269 e. The molecule has 3 heteroatoms. The Balaban J connectivity index is 2.15. The number of hydrogen-bond donors (Lipinski definition) is 1. The Morgan fingerprint density at radius 3 is 2.88 bits per heavy atom. The van der Waals surface area contributed by atoms with Crippen molar-refractivity contribution in [2.24, 2.45) is 0 Å². The second-order valence-electron chi connectivity index (χ2n) is 4.76. The summed E-state index contributed by atoms with van der Waals surface area (Å²) in [7, 11) is 0. The van der Waals surface area contributed by atoms with Gasteiger partial charge >= 0.3 is 0 Å². The summed E-state index contributed by atoms with van der Waals surface area (Å²) in [5.74, 6) is 2.46. The van der Waals surface area contributed by atoms with Crippen LogP contribution in [0.5, 0.6) is 0 Å². The number of rotatable bonds is 3. The third-order valence-corrected chi connectivity index (χ3v) is 2.74. The van der Waals surface area contributed by atoms with Crippen LogP contribution in [0.25, 0.3) is 0 Å². The number of nitrogens with zero attached hydrogens (tertiary/aromatic N) is 1. The van der Waals surface area contributed by atoms with Gasteiger partial charge in [-0.25, -0.2) is 0 Å². The molecule has 16 heavy (non-hydrogen) atoms. The standard InChI is InChI=1S/C13H16N2O/c1-4-13(2,3)14-12(16)11-6-5-9-15(11)10-7-8-10/h1,5-6,9-10H,7-8H2,2-3H3,(H,14,16). The molecular formula is C13H16N2O. The van der Waals surface area contributed by atoms with Crippen molar-refractivity contribution >= 4 is 5.91 Å². The monoisotopic (exact) mass is 216 g/mol. The molecule has 0 aliphatic heterocycles. The lowest BCUT2D eigenvalue weighted by Gasteiger charge is -2.20. The minimum Gasteiger partial charge on any atom is -0.340 e. The molecule has 1 N–H and O–H groups in total. The van der Waals surface area contributed by atoms with E-state index in [2.05, 4.69) is 11.2 Å². The Labute approximate surface area is 95.8 Å². The number of carbonyl (C=O) groups is 1. The van der Waals surface area contributed by atoms with Gasteiger partial charge in [-0.05, 0) is 38.8 Å². The highest BCUT2D eigenvalue weighted by Gasteiger charge is 2.28. The van der Waals surface area contributed by atoms with Crippen LogP contribution in [-0.2, 0) is 0 Å². The molecule has 0 aromatic carbocycles. The summed E-state index contributed by atoms with van der Waals surface area (Å²) in [4.78, 5) is 12.0. The van der Waals surface area contributed by atoms with E-state index in [0.29, 0.717) is 11.7 Å². The van der Waals surface area contributed by atoms with Gasteiger partial charge in [0.25, 0.3) is 5.91 Å². The minimum absolute atomic E-state index is 0.0974. The molecule has 1 saturated carbocycles. The van der Waals surface area contributed by atoms with Crippen molar-refractivity contribution in [2.45, 2.75) is 38.3 Å². The van der Waals surface area contributed by atoms with Crippen LogP contribution < -0.4 is 5.32 Å². The predicted octanol–water partition coefficient (Wildman–Crippen LogP) is 1.96. The van der Waals surface area contributed by atoms with Crippen LogP contribution in [-0.4, -0.2) is 16.0 Å². The minimum atomic E-state index is -0.601. The van der Waals surface area contributed by atoms with Gasteiger partial charge in [0, 0.05) is 12.2 Å². The van der Waals surface area contributed by atoms with Gasteiger partial charge in [0.15, 0.2) is 0 Å². The first-order valence-corrected chi connectivity index (χ1v) is 5.50. The molecule has 84 valence electrons. The maximum atomic E-state index is 12.0. The van der Waals surface area contributed by atoms with Crippen LogP contribution in [0.4, 0.5) is 0 Å². The van der Waals surface area contributed by atoms with Gasteiger partial charge in [0.1, 0.15) is 5.69 Å². The van der Waals surface area contributed by atoms with Crippen molar-refractivity contribution in [2.75, 3.05) is 0 Å². The highest BCUT2D eigenvalue weighted by molar-refractivity contribution is 5.93. The summed E-state index contributed by atoms with van der Waals surface area (Å²) in [6, 6.07) is 4.24. The third-order valence-electron chi connectivity index (χ3n) is 2.74. The number of aromatic nitrogens is 1. The fourth-order valence-electron chi connectivity index (χ4n) is 1.64. The molecule has 0 bridgehead atoms. The van der Waals surface area contributed by atoms with Crippen LogP contribution in [0.2, 0.25) is 0 Å². The Kier molecular flexibility index (Phi) is 2.51. The maximum absolute atomic E-state index is 12.0. The predicted molar refractivity (Wildman–Crippen MR) is 63.1 cm³/mol. The van der Waals surface area contributed by atoms with Crippen LogP contribution >= 0.6 is 0 Å². The Bertz CT molecular complexity index is 447. The Morgan fingerprint density at radius 2 is 2.31 bits per heavy atom. The van der Waals surface area contributed by atoms with Crippen molar-refractivity contribution in [1.82, 2.24) is 9.88 Å². The van der Waals surface area contributed by atoms with Crippen LogP contribution in [0.3, 0.4) is 0 Å². The lowest BCUT2D eigenvalue weighted by atomic mass is 10.1. The molecule has 3 nitrogen and oxygen atoms in total. The molecule has 0 atom stereocenters. The number of hydrogen-bond acceptors (Lipinski definition) is 1. The largest absolute Gasteiger partial charge is 0.340 e. The fourth-order valence-corrected chi connectivity index (χ4v) is 1.64. The average molecular weight is 216 g/mol.